The smallest absolute Gasteiger partial charge is 0.406 e. The maximum Gasteiger partial charge on any atom is 0.406 e. The number of carboxylic acids is 1. The summed E-state index contributed by atoms with van der Waals surface area (Å²) in [7, 11) is 0. The zero-order chi connectivity index (χ0) is 13.9. The van der Waals surface area contributed by atoms with Gasteiger partial charge in [-0.05, 0) is 36.7 Å². The molecule has 0 fully saturated rings. The van der Waals surface area contributed by atoms with Crippen molar-refractivity contribution < 1.29 is 19.6 Å². The van der Waals surface area contributed by atoms with Crippen LogP contribution in [0.15, 0.2) is 12.3 Å². The lowest BCUT2D eigenvalue weighted by Crippen LogP contribution is -2.28. The number of hydrogen-bond acceptors (Lipinski definition) is 5. The Balaban J connectivity index is 3.31. The van der Waals surface area contributed by atoms with Crippen molar-refractivity contribution in [1.29, 1.82) is 0 Å². The van der Waals surface area contributed by atoms with Crippen LogP contribution in [0, 0.1) is 10.1 Å². The van der Waals surface area contributed by atoms with Crippen molar-refractivity contribution in [2.45, 2.75) is 26.2 Å². The molecule has 18 heavy (non-hydrogen) atoms. The van der Waals surface area contributed by atoms with Crippen LogP contribution in [0.4, 0.5) is 5.82 Å². The first-order valence-corrected chi connectivity index (χ1v) is 5.31. The summed E-state index contributed by atoms with van der Waals surface area (Å²) in [6.07, 6.45) is 1.19. The number of aromatic nitrogens is 1. The summed E-state index contributed by atoms with van der Waals surface area (Å²) in [6, 6.07) is 1.35. The molecule has 0 radical (unpaired) electrons. The number of carboxylic acid groups (broad SMARTS) is 1. The van der Waals surface area contributed by atoms with Gasteiger partial charge in [0.1, 0.15) is 6.20 Å². The average molecular weight is 254 g/mol. The molecule has 98 valence electrons. The highest BCUT2D eigenvalue weighted by molar-refractivity contribution is 5.80. The third-order valence-electron chi connectivity index (χ3n) is 2.56. The zero-order valence-electron chi connectivity index (χ0n) is 10.3. The molecular weight excluding hydrogens is 240 g/mol. The van der Waals surface area contributed by atoms with Crippen molar-refractivity contribution in [3.8, 4) is 5.75 Å². The van der Waals surface area contributed by atoms with Crippen molar-refractivity contribution in [3.63, 3.8) is 0 Å². The predicted molar refractivity (Wildman–Crippen MR) is 62.7 cm³/mol. The van der Waals surface area contributed by atoms with Crippen LogP contribution in [0.3, 0.4) is 0 Å². The molecule has 0 amide bonds. The highest BCUT2D eigenvalue weighted by atomic mass is 16.6. The molecule has 7 heteroatoms. The van der Waals surface area contributed by atoms with Crippen molar-refractivity contribution in [1.82, 2.24) is 4.98 Å². The topological polar surface area (TPSA) is 103 Å². The Labute approximate surface area is 104 Å². The van der Waals surface area contributed by atoms with Gasteiger partial charge in [-0.15, -0.1) is 0 Å². The Bertz CT molecular complexity index is 484. The lowest BCUT2D eigenvalue weighted by atomic mass is 9.86. The van der Waals surface area contributed by atoms with Gasteiger partial charge in [0.25, 0.3) is 0 Å². The molecule has 7 nitrogen and oxygen atoms in total. The van der Waals surface area contributed by atoms with E-state index in [4.69, 9.17) is 9.84 Å². The van der Waals surface area contributed by atoms with Crippen LogP contribution >= 0.6 is 0 Å². The van der Waals surface area contributed by atoms with Gasteiger partial charge < -0.3 is 20.0 Å². The lowest BCUT2D eigenvalue weighted by molar-refractivity contribution is -0.390. The van der Waals surface area contributed by atoms with Crippen molar-refractivity contribution in [2.24, 2.45) is 0 Å². The first-order chi connectivity index (χ1) is 8.30. The summed E-state index contributed by atoms with van der Waals surface area (Å²) >= 11 is 0. The largest absolute Gasteiger partial charge is 0.486 e. The number of carbonyl (C=O) groups is 1. The Morgan fingerprint density at radius 3 is 2.67 bits per heavy atom. The molecule has 0 bridgehead atoms. The van der Waals surface area contributed by atoms with Gasteiger partial charge in [0.2, 0.25) is 5.75 Å². The zero-order valence-corrected chi connectivity index (χ0v) is 10.3. The fraction of sp³-hybridized carbons (Fsp3) is 0.455. The second-order valence-corrected chi connectivity index (χ2v) is 4.17. The van der Waals surface area contributed by atoms with Gasteiger partial charge in [0.05, 0.1) is 12.0 Å². The normalized spacial score (nSPS) is 11.1. The number of pyridine rings is 1. The van der Waals surface area contributed by atoms with Gasteiger partial charge in [-0.2, -0.15) is 0 Å². The molecule has 0 aliphatic rings. The summed E-state index contributed by atoms with van der Waals surface area (Å²) in [5, 5.41) is 19.8. The summed E-state index contributed by atoms with van der Waals surface area (Å²) in [5.74, 6) is -1.48. The van der Waals surface area contributed by atoms with Crippen LogP contribution in [0.5, 0.6) is 5.75 Å². The maximum atomic E-state index is 11.1. The molecule has 1 heterocycles. The Hall–Kier alpha value is -2.18. The van der Waals surface area contributed by atoms with Gasteiger partial charge in [0.15, 0.2) is 0 Å². The van der Waals surface area contributed by atoms with Crippen molar-refractivity contribution >= 4 is 11.8 Å². The Morgan fingerprint density at radius 2 is 2.22 bits per heavy atom. The third-order valence-corrected chi connectivity index (χ3v) is 2.56. The minimum Gasteiger partial charge on any atom is -0.486 e. The van der Waals surface area contributed by atoms with E-state index in [-0.39, 0.29) is 12.4 Å². The molecule has 1 aromatic rings. The van der Waals surface area contributed by atoms with Crippen LogP contribution in [-0.2, 0) is 10.2 Å². The maximum absolute atomic E-state index is 11.1. The van der Waals surface area contributed by atoms with E-state index in [0.717, 1.165) is 0 Å². The first-order valence-electron chi connectivity index (χ1n) is 5.31. The fourth-order valence-electron chi connectivity index (χ4n) is 1.30. The third kappa shape index (κ3) is 2.55. The van der Waals surface area contributed by atoms with Crippen LogP contribution < -0.4 is 4.74 Å². The molecule has 0 unspecified atom stereocenters. The molecule has 0 aliphatic heterocycles. The molecule has 1 rings (SSSR count). The predicted octanol–water partition coefficient (Wildman–Crippen LogP) is 1.75. The number of hydrogen-bond donors (Lipinski definition) is 1. The van der Waals surface area contributed by atoms with E-state index >= 15 is 0 Å². The molecule has 0 aliphatic carbocycles. The van der Waals surface area contributed by atoms with Gasteiger partial charge in [-0.1, -0.05) is 0 Å². The number of rotatable bonds is 5. The van der Waals surface area contributed by atoms with Crippen LogP contribution in [0.1, 0.15) is 26.3 Å². The van der Waals surface area contributed by atoms with E-state index in [0.29, 0.717) is 5.56 Å². The second-order valence-electron chi connectivity index (χ2n) is 4.17. The highest BCUT2D eigenvalue weighted by Gasteiger charge is 2.33. The minimum absolute atomic E-state index is 0.0191. The molecule has 0 saturated heterocycles. The lowest BCUT2D eigenvalue weighted by Gasteiger charge is -2.18. The quantitative estimate of drug-likeness (QED) is 0.634. The summed E-state index contributed by atoms with van der Waals surface area (Å²) in [4.78, 5) is 24.8. The molecule has 0 spiro atoms. The SMILES string of the molecule is CCOc1cc(C(C)(C)C(=O)O)cnc1[N+](=O)[O-]. The van der Waals surface area contributed by atoms with Crippen LogP contribution in [-0.4, -0.2) is 27.6 Å². The summed E-state index contributed by atoms with van der Waals surface area (Å²) in [6.45, 7) is 4.90. The molecule has 1 N–H and O–H groups in total. The van der Waals surface area contributed by atoms with Gasteiger partial charge in [-0.3, -0.25) is 4.79 Å². The van der Waals surface area contributed by atoms with Crippen LogP contribution in [0.2, 0.25) is 0 Å². The van der Waals surface area contributed by atoms with E-state index in [1.807, 2.05) is 0 Å². The van der Waals surface area contributed by atoms with E-state index < -0.39 is 22.1 Å². The van der Waals surface area contributed by atoms with E-state index in [1.165, 1.54) is 26.1 Å². The van der Waals surface area contributed by atoms with Crippen molar-refractivity contribution in [3.05, 3.63) is 27.9 Å². The number of nitrogens with zero attached hydrogens (tertiary/aromatic N) is 2. The molecule has 1 aromatic heterocycles. The van der Waals surface area contributed by atoms with E-state index in [9.17, 15) is 14.9 Å². The first kappa shape index (κ1) is 13.9. The van der Waals surface area contributed by atoms with E-state index in [1.54, 1.807) is 6.92 Å². The summed E-state index contributed by atoms with van der Waals surface area (Å²) in [5.41, 5.74) is -0.836. The standard InChI is InChI=1S/C11H14N2O5/c1-4-18-8-5-7(11(2,3)10(14)15)6-12-9(8)13(16)17/h5-6H,4H2,1-3H3,(H,14,15). The van der Waals surface area contributed by atoms with Gasteiger partial charge in [0, 0.05) is 5.56 Å². The van der Waals surface area contributed by atoms with Gasteiger partial charge in [-0.25, -0.2) is 0 Å². The van der Waals surface area contributed by atoms with Gasteiger partial charge >= 0.3 is 11.8 Å². The monoisotopic (exact) mass is 254 g/mol. The van der Waals surface area contributed by atoms with E-state index in [2.05, 4.69) is 4.98 Å². The molecule has 0 aromatic carbocycles. The second kappa shape index (κ2) is 4.99. The highest BCUT2D eigenvalue weighted by Crippen LogP contribution is 2.31. The fourth-order valence-corrected chi connectivity index (χ4v) is 1.30. The minimum atomic E-state index is -1.19. The van der Waals surface area contributed by atoms with Crippen LogP contribution in [0.25, 0.3) is 0 Å². The Kier molecular flexibility index (Phi) is 3.85. The molecule has 0 saturated carbocycles. The molecular formula is C11H14N2O5. The number of nitro groups is 1. The number of ether oxygens (including phenoxy) is 1. The average Bonchev–Trinajstić information content (AvgIpc) is 2.28. The molecule has 0 atom stereocenters. The summed E-state index contributed by atoms with van der Waals surface area (Å²) < 4.78 is 5.12. The Morgan fingerprint density at radius 1 is 1.61 bits per heavy atom. The number of aliphatic carboxylic acids is 1. The van der Waals surface area contributed by atoms with Crippen molar-refractivity contribution in [2.75, 3.05) is 6.61 Å².